The molecule has 19 heavy (non-hydrogen) atoms. The zero-order valence-electron chi connectivity index (χ0n) is 10.5. The van der Waals surface area contributed by atoms with Crippen molar-refractivity contribution in [2.75, 3.05) is 13.2 Å². The van der Waals surface area contributed by atoms with E-state index in [2.05, 4.69) is 0 Å². The number of esters is 1. The van der Waals surface area contributed by atoms with Crippen LogP contribution in [0.3, 0.4) is 0 Å². The molecule has 2 heterocycles. The number of sulfonamides is 1. The highest BCUT2D eigenvalue weighted by Crippen LogP contribution is 2.17. The van der Waals surface area contributed by atoms with E-state index < -0.39 is 16.0 Å². The third kappa shape index (κ3) is 3.14. The van der Waals surface area contributed by atoms with Gasteiger partial charge < -0.3 is 14.0 Å². The molecule has 2 rings (SSSR count). The first kappa shape index (κ1) is 14.0. The molecule has 1 aromatic rings. The van der Waals surface area contributed by atoms with Gasteiger partial charge >= 0.3 is 5.97 Å². The van der Waals surface area contributed by atoms with Gasteiger partial charge in [-0.25, -0.2) is 18.4 Å². The largest absolute Gasteiger partial charge is 0.455 e. The number of aryl methyl sites for hydroxylation is 1. The van der Waals surface area contributed by atoms with Crippen LogP contribution in [0.2, 0.25) is 0 Å². The summed E-state index contributed by atoms with van der Waals surface area (Å²) in [6.45, 7) is 3.18. The van der Waals surface area contributed by atoms with Crippen LogP contribution < -0.4 is 5.14 Å². The van der Waals surface area contributed by atoms with E-state index in [0.29, 0.717) is 26.2 Å². The van der Waals surface area contributed by atoms with Crippen LogP contribution in [0.15, 0.2) is 17.2 Å². The highest BCUT2D eigenvalue weighted by Gasteiger charge is 2.24. The number of carbonyl (C=O) groups is 1. The number of rotatable bonds is 4. The minimum absolute atomic E-state index is 0.0935. The standard InChI is InChI=1S/C11H16N2O5S/c1-2-13-6-9(19(12,15)16)5-10(13)11(14)18-8-3-4-17-7-8/h5-6,8H,2-4,7H2,1H3,(H2,12,15,16). The quantitative estimate of drug-likeness (QED) is 0.792. The van der Waals surface area contributed by atoms with E-state index in [1.54, 1.807) is 6.92 Å². The zero-order chi connectivity index (χ0) is 14.0. The maximum atomic E-state index is 12.0. The molecule has 7 nitrogen and oxygen atoms in total. The summed E-state index contributed by atoms with van der Waals surface area (Å²) in [5, 5.41) is 5.04. The Bertz CT molecular complexity index is 572. The van der Waals surface area contributed by atoms with Gasteiger partial charge in [-0.3, -0.25) is 0 Å². The molecule has 1 aliphatic heterocycles. The number of ether oxygens (including phenoxy) is 2. The van der Waals surface area contributed by atoms with Gasteiger partial charge in [0, 0.05) is 19.2 Å². The van der Waals surface area contributed by atoms with Gasteiger partial charge in [-0.05, 0) is 13.0 Å². The summed E-state index contributed by atoms with van der Waals surface area (Å²) >= 11 is 0. The van der Waals surface area contributed by atoms with Crippen LogP contribution in [0.25, 0.3) is 0 Å². The van der Waals surface area contributed by atoms with Crippen molar-refractivity contribution in [2.24, 2.45) is 5.14 Å². The number of primary sulfonamides is 1. The average Bonchev–Trinajstić information content (AvgIpc) is 2.95. The van der Waals surface area contributed by atoms with E-state index >= 15 is 0 Å². The van der Waals surface area contributed by atoms with Gasteiger partial charge in [0.1, 0.15) is 16.7 Å². The summed E-state index contributed by atoms with van der Waals surface area (Å²) in [6.07, 6.45) is 1.71. The molecule has 1 fully saturated rings. The Hall–Kier alpha value is -1.38. The second-order valence-electron chi connectivity index (χ2n) is 4.28. The molecule has 0 aliphatic carbocycles. The van der Waals surface area contributed by atoms with Gasteiger partial charge in [-0.1, -0.05) is 0 Å². The molecule has 8 heteroatoms. The van der Waals surface area contributed by atoms with Crippen LogP contribution in [0.4, 0.5) is 0 Å². The molecule has 0 amide bonds. The molecule has 0 spiro atoms. The Labute approximate surface area is 111 Å². The van der Waals surface area contributed by atoms with Gasteiger partial charge in [0.05, 0.1) is 13.2 Å². The summed E-state index contributed by atoms with van der Waals surface area (Å²) < 4.78 is 34.4. The normalized spacial score (nSPS) is 19.6. The first-order valence-electron chi connectivity index (χ1n) is 5.93. The van der Waals surface area contributed by atoms with Crippen LogP contribution in [0, 0.1) is 0 Å². The lowest BCUT2D eigenvalue weighted by Gasteiger charge is -2.11. The van der Waals surface area contributed by atoms with Gasteiger partial charge in [0.15, 0.2) is 0 Å². The molecule has 1 aliphatic rings. The Morgan fingerprint density at radius 1 is 1.63 bits per heavy atom. The summed E-state index contributed by atoms with van der Waals surface area (Å²) in [6, 6.07) is 1.23. The third-order valence-electron chi connectivity index (χ3n) is 2.91. The minimum Gasteiger partial charge on any atom is -0.455 e. The monoisotopic (exact) mass is 288 g/mol. The molecule has 1 atom stereocenters. The molecule has 2 N–H and O–H groups in total. The fraction of sp³-hybridized carbons (Fsp3) is 0.545. The van der Waals surface area contributed by atoms with Crippen LogP contribution in [0.5, 0.6) is 0 Å². The fourth-order valence-electron chi connectivity index (χ4n) is 1.89. The van der Waals surface area contributed by atoms with E-state index in [1.165, 1.54) is 16.8 Å². The molecule has 0 saturated carbocycles. The minimum atomic E-state index is -3.83. The predicted molar refractivity (Wildman–Crippen MR) is 66.1 cm³/mol. The van der Waals surface area contributed by atoms with Crippen molar-refractivity contribution in [3.05, 3.63) is 18.0 Å². The van der Waals surface area contributed by atoms with Gasteiger partial charge in [-0.2, -0.15) is 0 Å². The number of aromatic nitrogens is 1. The van der Waals surface area contributed by atoms with Crippen molar-refractivity contribution in [2.45, 2.75) is 30.9 Å². The van der Waals surface area contributed by atoms with Crippen molar-refractivity contribution in [3.8, 4) is 0 Å². The van der Waals surface area contributed by atoms with Crippen LogP contribution in [0.1, 0.15) is 23.8 Å². The molecule has 0 bridgehead atoms. The number of carbonyl (C=O) groups excluding carboxylic acids is 1. The van der Waals surface area contributed by atoms with Gasteiger partial charge in [0.2, 0.25) is 10.0 Å². The van der Waals surface area contributed by atoms with Crippen LogP contribution in [-0.4, -0.2) is 38.3 Å². The lowest BCUT2D eigenvalue weighted by Crippen LogP contribution is -2.20. The predicted octanol–water partition coefficient (Wildman–Crippen LogP) is 0.101. The third-order valence-corrected chi connectivity index (χ3v) is 3.79. The Balaban J connectivity index is 2.22. The van der Waals surface area contributed by atoms with Crippen molar-refractivity contribution >= 4 is 16.0 Å². The Kier molecular flexibility index (Phi) is 3.93. The molecule has 1 saturated heterocycles. The highest BCUT2D eigenvalue weighted by molar-refractivity contribution is 7.89. The van der Waals surface area contributed by atoms with Crippen molar-refractivity contribution in [3.63, 3.8) is 0 Å². The molecular formula is C11H16N2O5S. The SMILES string of the molecule is CCn1cc(S(N)(=O)=O)cc1C(=O)OC1CCOC1. The van der Waals surface area contributed by atoms with Crippen molar-refractivity contribution in [1.82, 2.24) is 4.57 Å². The second-order valence-corrected chi connectivity index (χ2v) is 5.84. The summed E-state index contributed by atoms with van der Waals surface area (Å²) in [7, 11) is -3.83. The smallest absolute Gasteiger partial charge is 0.355 e. The first-order valence-corrected chi connectivity index (χ1v) is 7.48. The van der Waals surface area contributed by atoms with Gasteiger partial charge in [-0.15, -0.1) is 0 Å². The molecule has 0 radical (unpaired) electrons. The number of hydrogen-bond acceptors (Lipinski definition) is 5. The topological polar surface area (TPSA) is 101 Å². The molecule has 0 aromatic carbocycles. The number of hydrogen-bond donors (Lipinski definition) is 1. The van der Waals surface area contributed by atoms with Gasteiger partial charge in [0.25, 0.3) is 0 Å². The Morgan fingerprint density at radius 2 is 2.37 bits per heavy atom. The lowest BCUT2D eigenvalue weighted by molar-refractivity contribution is 0.0259. The second kappa shape index (κ2) is 5.32. The highest BCUT2D eigenvalue weighted by atomic mass is 32.2. The molecule has 106 valence electrons. The van der Waals surface area contributed by atoms with E-state index in [4.69, 9.17) is 14.6 Å². The average molecular weight is 288 g/mol. The van der Waals surface area contributed by atoms with E-state index in [9.17, 15) is 13.2 Å². The summed E-state index contributed by atoms with van der Waals surface area (Å²) in [5.74, 6) is -0.563. The van der Waals surface area contributed by atoms with E-state index in [0.717, 1.165) is 0 Å². The number of nitrogens with zero attached hydrogens (tertiary/aromatic N) is 1. The fourth-order valence-corrected chi connectivity index (χ4v) is 2.44. The van der Waals surface area contributed by atoms with Crippen molar-refractivity contribution in [1.29, 1.82) is 0 Å². The molecule has 1 unspecified atom stereocenters. The summed E-state index contributed by atoms with van der Waals surface area (Å²) in [5.41, 5.74) is 0.179. The maximum absolute atomic E-state index is 12.0. The van der Waals surface area contributed by atoms with Crippen LogP contribution in [-0.2, 0) is 26.0 Å². The van der Waals surface area contributed by atoms with Crippen LogP contribution >= 0.6 is 0 Å². The van der Waals surface area contributed by atoms with Crippen molar-refractivity contribution < 1.29 is 22.7 Å². The first-order chi connectivity index (χ1) is 8.91. The maximum Gasteiger partial charge on any atom is 0.355 e. The van der Waals surface area contributed by atoms with E-state index in [1.807, 2.05) is 0 Å². The Morgan fingerprint density at radius 3 is 2.89 bits per heavy atom. The zero-order valence-corrected chi connectivity index (χ0v) is 11.4. The van der Waals surface area contributed by atoms with E-state index in [-0.39, 0.29) is 16.7 Å². The summed E-state index contributed by atoms with van der Waals surface area (Å²) in [4.78, 5) is 11.9. The number of nitrogens with two attached hydrogens (primary N) is 1. The lowest BCUT2D eigenvalue weighted by atomic mass is 10.3. The molecular weight excluding hydrogens is 272 g/mol. The molecule has 1 aromatic heterocycles.